The second kappa shape index (κ2) is 7.05. The predicted molar refractivity (Wildman–Crippen MR) is 96.0 cm³/mol. The SMILES string of the molecule is CCc1cccc(C)c1N1CC(C(=O)Nc2ccccc2F)CC1=O. The Morgan fingerprint density at radius 3 is 2.72 bits per heavy atom. The number of carbonyl (C=O) groups excluding carboxylic acids is 2. The van der Waals surface area contributed by atoms with E-state index < -0.39 is 11.7 Å². The lowest BCUT2D eigenvalue weighted by Gasteiger charge is -2.22. The molecule has 1 atom stereocenters. The van der Waals surface area contributed by atoms with Gasteiger partial charge in [0.05, 0.1) is 11.6 Å². The minimum atomic E-state index is -0.489. The Bertz CT molecular complexity index is 819. The molecule has 1 saturated heterocycles. The summed E-state index contributed by atoms with van der Waals surface area (Å²) in [7, 11) is 0. The molecule has 1 N–H and O–H groups in total. The molecule has 3 rings (SSSR count). The van der Waals surface area contributed by atoms with Gasteiger partial charge in [0.2, 0.25) is 11.8 Å². The van der Waals surface area contributed by atoms with E-state index in [2.05, 4.69) is 5.32 Å². The van der Waals surface area contributed by atoms with Gasteiger partial charge in [0.25, 0.3) is 0 Å². The number of hydrogen-bond acceptors (Lipinski definition) is 2. The quantitative estimate of drug-likeness (QED) is 0.923. The number of anilines is 2. The third-order valence-corrected chi connectivity index (χ3v) is 4.60. The molecular formula is C20H21FN2O2. The van der Waals surface area contributed by atoms with Crippen LogP contribution in [0.1, 0.15) is 24.5 Å². The van der Waals surface area contributed by atoms with Gasteiger partial charge in [0.15, 0.2) is 0 Å². The normalized spacial score (nSPS) is 17.0. The van der Waals surface area contributed by atoms with Crippen molar-refractivity contribution in [1.82, 2.24) is 0 Å². The zero-order chi connectivity index (χ0) is 18.0. The molecule has 1 heterocycles. The highest BCUT2D eigenvalue weighted by molar-refractivity contribution is 6.04. The Kier molecular flexibility index (Phi) is 4.83. The minimum Gasteiger partial charge on any atom is -0.323 e. The summed E-state index contributed by atoms with van der Waals surface area (Å²) in [5, 5.41) is 2.60. The maximum Gasteiger partial charge on any atom is 0.229 e. The first kappa shape index (κ1) is 17.1. The standard InChI is InChI=1S/C20H21FN2O2/c1-3-14-8-6-7-13(2)19(14)23-12-15(11-18(23)24)20(25)22-17-10-5-4-9-16(17)21/h4-10,15H,3,11-12H2,1-2H3,(H,22,25). The van der Waals surface area contributed by atoms with Crippen molar-refractivity contribution in [3.8, 4) is 0 Å². The van der Waals surface area contributed by atoms with E-state index in [-0.39, 0.29) is 23.9 Å². The largest absolute Gasteiger partial charge is 0.323 e. The average molecular weight is 340 g/mol. The lowest BCUT2D eigenvalue weighted by Crippen LogP contribution is -2.29. The van der Waals surface area contributed by atoms with Crippen LogP contribution >= 0.6 is 0 Å². The van der Waals surface area contributed by atoms with Crippen LogP contribution in [0, 0.1) is 18.7 Å². The lowest BCUT2D eigenvalue weighted by molar-refractivity contribution is -0.122. The molecule has 25 heavy (non-hydrogen) atoms. The fourth-order valence-electron chi connectivity index (χ4n) is 3.29. The maximum absolute atomic E-state index is 13.7. The number of hydrogen-bond donors (Lipinski definition) is 1. The second-order valence-electron chi connectivity index (χ2n) is 6.31. The van der Waals surface area contributed by atoms with Gasteiger partial charge in [-0.25, -0.2) is 4.39 Å². The van der Waals surface area contributed by atoms with E-state index in [4.69, 9.17) is 0 Å². The molecule has 0 spiro atoms. The number of rotatable bonds is 4. The van der Waals surface area contributed by atoms with Crippen molar-refractivity contribution in [1.29, 1.82) is 0 Å². The molecule has 1 unspecified atom stereocenters. The molecule has 1 aliphatic rings. The van der Waals surface area contributed by atoms with Gasteiger partial charge in [0.1, 0.15) is 5.82 Å². The molecule has 1 aliphatic heterocycles. The third kappa shape index (κ3) is 3.40. The molecule has 0 bridgehead atoms. The van der Waals surface area contributed by atoms with Crippen LogP contribution < -0.4 is 10.2 Å². The summed E-state index contributed by atoms with van der Waals surface area (Å²) in [5.41, 5.74) is 3.14. The highest BCUT2D eigenvalue weighted by Crippen LogP contribution is 2.32. The monoisotopic (exact) mass is 340 g/mol. The Balaban J connectivity index is 1.79. The van der Waals surface area contributed by atoms with Crippen LogP contribution in [0.2, 0.25) is 0 Å². The van der Waals surface area contributed by atoms with Gasteiger partial charge < -0.3 is 10.2 Å². The van der Waals surface area contributed by atoms with Crippen molar-refractivity contribution in [3.05, 3.63) is 59.4 Å². The van der Waals surface area contributed by atoms with Gasteiger partial charge in [-0.3, -0.25) is 9.59 Å². The average Bonchev–Trinajstić information content (AvgIpc) is 2.98. The Hall–Kier alpha value is -2.69. The molecule has 2 aromatic carbocycles. The van der Waals surface area contributed by atoms with Gasteiger partial charge in [-0.1, -0.05) is 37.3 Å². The summed E-state index contributed by atoms with van der Waals surface area (Å²) >= 11 is 0. The predicted octanol–water partition coefficient (Wildman–Crippen LogP) is 3.69. The number of halogens is 1. The Labute approximate surface area is 146 Å². The summed E-state index contributed by atoms with van der Waals surface area (Å²) in [6.45, 7) is 4.33. The highest BCUT2D eigenvalue weighted by Gasteiger charge is 2.36. The van der Waals surface area contributed by atoms with E-state index in [0.717, 1.165) is 23.2 Å². The van der Waals surface area contributed by atoms with Crippen molar-refractivity contribution in [3.63, 3.8) is 0 Å². The third-order valence-electron chi connectivity index (χ3n) is 4.60. The van der Waals surface area contributed by atoms with Crippen molar-refractivity contribution in [2.24, 2.45) is 5.92 Å². The number of benzene rings is 2. The molecule has 0 radical (unpaired) electrons. The fraction of sp³-hybridized carbons (Fsp3) is 0.300. The van der Waals surface area contributed by atoms with Crippen LogP contribution in [0.4, 0.5) is 15.8 Å². The minimum absolute atomic E-state index is 0.0716. The number of nitrogens with one attached hydrogen (secondary N) is 1. The number of carbonyl (C=O) groups is 2. The van der Waals surface area contributed by atoms with Crippen molar-refractivity contribution >= 4 is 23.2 Å². The van der Waals surface area contributed by atoms with Crippen LogP contribution in [0.15, 0.2) is 42.5 Å². The molecule has 130 valence electrons. The molecule has 5 heteroatoms. The number of para-hydroxylation sites is 2. The number of amides is 2. The molecule has 0 saturated carbocycles. The summed E-state index contributed by atoms with van der Waals surface area (Å²) in [4.78, 5) is 26.7. The highest BCUT2D eigenvalue weighted by atomic mass is 19.1. The van der Waals surface area contributed by atoms with E-state index in [9.17, 15) is 14.0 Å². The van der Waals surface area contributed by atoms with Crippen LogP contribution in [-0.2, 0) is 16.0 Å². The van der Waals surface area contributed by atoms with Gasteiger partial charge >= 0.3 is 0 Å². The first-order valence-electron chi connectivity index (χ1n) is 8.45. The lowest BCUT2D eigenvalue weighted by atomic mass is 10.0. The summed E-state index contributed by atoms with van der Waals surface area (Å²) in [6.07, 6.45) is 0.949. The first-order chi connectivity index (χ1) is 12.0. The molecule has 2 aromatic rings. The van der Waals surface area contributed by atoms with Gasteiger partial charge in [0, 0.05) is 18.7 Å². The van der Waals surface area contributed by atoms with E-state index in [1.54, 1.807) is 17.0 Å². The van der Waals surface area contributed by atoms with Crippen molar-refractivity contribution < 1.29 is 14.0 Å². The van der Waals surface area contributed by atoms with E-state index in [1.807, 2.05) is 32.0 Å². The number of nitrogens with zero attached hydrogens (tertiary/aromatic N) is 1. The van der Waals surface area contributed by atoms with Crippen LogP contribution in [0.3, 0.4) is 0 Å². The van der Waals surface area contributed by atoms with Crippen molar-refractivity contribution in [2.45, 2.75) is 26.7 Å². The maximum atomic E-state index is 13.7. The Morgan fingerprint density at radius 1 is 1.24 bits per heavy atom. The molecule has 0 aromatic heterocycles. The van der Waals surface area contributed by atoms with Gasteiger partial charge in [-0.15, -0.1) is 0 Å². The first-order valence-corrected chi connectivity index (χ1v) is 8.45. The number of aryl methyl sites for hydroxylation is 2. The second-order valence-corrected chi connectivity index (χ2v) is 6.31. The zero-order valence-corrected chi connectivity index (χ0v) is 14.4. The molecule has 2 amide bonds. The van der Waals surface area contributed by atoms with Gasteiger partial charge in [-0.2, -0.15) is 0 Å². The molecule has 0 aliphatic carbocycles. The fourth-order valence-corrected chi connectivity index (χ4v) is 3.29. The van der Waals surface area contributed by atoms with E-state index >= 15 is 0 Å². The molecule has 1 fully saturated rings. The van der Waals surface area contributed by atoms with Crippen LogP contribution in [-0.4, -0.2) is 18.4 Å². The molecule has 4 nitrogen and oxygen atoms in total. The summed E-state index contributed by atoms with van der Waals surface area (Å²) < 4.78 is 13.7. The topological polar surface area (TPSA) is 49.4 Å². The molecular weight excluding hydrogens is 319 g/mol. The summed E-state index contributed by atoms with van der Waals surface area (Å²) in [5.74, 6) is -1.37. The van der Waals surface area contributed by atoms with Gasteiger partial charge in [-0.05, 0) is 36.6 Å². The smallest absolute Gasteiger partial charge is 0.229 e. The Morgan fingerprint density at radius 2 is 2.00 bits per heavy atom. The zero-order valence-electron chi connectivity index (χ0n) is 14.4. The van der Waals surface area contributed by atoms with Crippen molar-refractivity contribution in [2.75, 3.05) is 16.8 Å². The van der Waals surface area contributed by atoms with Crippen LogP contribution in [0.5, 0.6) is 0 Å². The van der Waals surface area contributed by atoms with E-state index in [0.29, 0.717) is 6.54 Å². The van der Waals surface area contributed by atoms with E-state index in [1.165, 1.54) is 12.1 Å². The summed E-state index contributed by atoms with van der Waals surface area (Å²) in [6, 6.07) is 12.0. The van der Waals surface area contributed by atoms with Crippen LogP contribution in [0.25, 0.3) is 0 Å².